The third kappa shape index (κ3) is 4.70. The molecular formula is C22H20BrNO8. The Morgan fingerprint density at radius 3 is 2.06 bits per heavy atom. The van der Waals surface area contributed by atoms with Crippen LogP contribution in [-0.4, -0.2) is 46.3 Å². The zero-order valence-electron chi connectivity index (χ0n) is 18.0. The lowest BCUT2D eigenvalue weighted by Gasteiger charge is -2.13. The van der Waals surface area contributed by atoms with E-state index in [1.807, 2.05) is 0 Å². The number of rotatable bonds is 7. The van der Waals surface area contributed by atoms with Gasteiger partial charge in [-0.1, -0.05) is 0 Å². The quantitative estimate of drug-likeness (QED) is 0.318. The van der Waals surface area contributed by atoms with Crippen molar-refractivity contribution in [3.05, 3.63) is 45.6 Å². The molecule has 2 aromatic rings. The Bertz CT molecular complexity index is 1110. The van der Waals surface area contributed by atoms with Crippen LogP contribution in [0.25, 0.3) is 6.08 Å². The third-order valence-corrected chi connectivity index (χ3v) is 4.92. The van der Waals surface area contributed by atoms with E-state index in [1.165, 1.54) is 41.4 Å². The van der Waals surface area contributed by atoms with E-state index >= 15 is 0 Å². The zero-order valence-corrected chi connectivity index (χ0v) is 19.6. The van der Waals surface area contributed by atoms with E-state index < -0.39 is 11.9 Å². The Morgan fingerprint density at radius 2 is 1.53 bits per heavy atom. The van der Waals surface area contributed by atoms with Gasteiger partial charge >= 0.3 is 11.9 Å². The molecule has 2 aromatic carbocycles. The van der Waals surface area contributed by atoms with Crippen molar-refractivity contribution in [1.29, 1.82) is 0 Å². The van der Waals surface area contributed by atoms with Gasteiger partial charge in [-0.2, -0.15) is 0 Å². The van der Waals surface area contributed by atoms with Gasteiger partial charge in [-0.3, -0.25) is 4.79 Å². The fourth-order valence-electron chi connectivity index (χ4n) is 2.96. The van der Waals surface area contributed by atoms with Gasteiger partial charge in [0.2, 0.25) is 11.6 Å². The molecule has 0 spiro atoms. The van der Waals surface area contributed by atoms with Gasteiger partial charge in [0.15, 0.2) is 28.7 Å². The van der Waals surface area contributed by atoms with Gasteiger partial charge in [0, 0.05) is 12.5 Å². The van der Waals surface area contributed by atoms with Crippen LogP contribution in [-0.2, 0) is 14.3 Å². The van der Waals surface area contributed by atoms with Crippen molar-refractivity contribution >= 4 is 39.8 Å². The number of esters is 2. The van der Waals surface area contributed by atoms with Gasteiger partial charge in [-0.15, -0.1) is 0 Å². The molecule has 0 N–H and O–H groups in total. The molecular weight excluding hydrogens is 486 g/mol. The summed E-state index contributed by atoms with van der Waals surface area (Å²) in [5, 5.41) is 0. The lowest BCUT2D eigenvalue weighted by Crippen LogP contribution is -2.07. The van der Waals surface area contributed by atoms with Crippen LogP contribution < -0.4 is 23.7 Å². The highest BCUT2D eigenvalue weighted by Gasteiger charge is 2.27. The van der Waals surface area contributed by atoms with E-state index in [-0.39, 0.29) is 17.3 Å². The van der Waals surface area contributed by atoms with Crippen LogP contribution in [0.4, 0.5) is 0 Å². The predicted octanol–water partition coefficient (Wildman–Crippen LogP) is 3.75. The van der Waals surface area contributed by atoms with E-state index in [9.17, 15) is 9.59 Å². The van der Waals surface area contributed by atoms with Crippen LogP contribution in [0.1, 0.15) is 18.1 Å². The van der Waals surface area contributed by atoms with Crippen molar-refractivity contribution in [2.75, 3.05) is 28.4 Å². The minimum absolute atomic E-state index is 0.0722. The number of ether oxygens (including phenoxy) is 6. The third-order valence-electron chi connectivity index (χ3n) is 4.33. The van der Waals surface area contributed by atoms with Gasteiger partial charge in [-0.05, 0) is 51.8 Å². The molecule has 0 saturated carbocycles. The van der Waals surface area contributed by atoms with Crippen molar-refractivity contribution in [3.8, 4) is 28.7 Å². The average Bonchev–Trinajstić information content (AvgIpc) is 3.14. The maximum absolute atomic E-state index is 12.4. The monoisotopic (exact) mass is 505 g/mol. The maximum Gasteiger partial charge on any atom is 0.363 e. The summed E-state index contributed by atoms with van der Waals surface area (Å²) in [6.45, 7) is 1.29. The van der Waals surface area contributed by atoms with Crippen molar-refractivity contribution < 1.29 is 38.0 Å². The molecule has 10 heteroatoms. The number of benzene rings is 2. The smallest absolute Gasteiger partial charge is 0.363 e. The standard InChI is InChI=1S/C22H20BrNO8/c1-11(25)31-19-14(23)6-12(8-16(19)27-2)7-15-22(26)32-21(24-15)13-9-17(28-3)20(30-5)18(10-13)29-4/h6-10H,1-5H3. The zero-order chi connectivity index (χ0) is 23.4. The van der Waals surface area contributed by atoms with Crippen LogP contribution in [0.15, 0.2) is 39.4 Å². The van der Waals surface area contributed by atoms with Gasteiger partial charge < -0.3 is 28.4 Å². The molecule has 1 heterocycles. The number of cyclic esters (lactones) is 1. The summed E-state index contributed by atoms with van der Waals surface area (Å²) in [5.74, 6) is 0.703. The normalized spacial score (nSPS) is 14.0. The Hall–Kier alpha value is -3.53. The maximum atomic E-state index is 12.4. The number of carbonyl (C=O) groups excluding carboxylic acids is 2. The van der Waals surface area contributed by atoms with Crippen LogP contribution in [0.5, 0.6) is 28.7 Å². The second kappa shape index (κ2) is 9.73. The molecule has 0 radical (unpaired) electrons. The Kier molecular flexibility index (Phi) is 7.04. The summed E-state index contributed by atoms with van der Waals surface area (Å²) < 4.78 is 32.3. The first-order valence-electron chi connectivity index (χ1n) is 9.20. The molecule has 0 atom stereocenters. The van der Waals surface area contributed by atoms with Crippen molar-refractivity contribution in [2.24, 2.45) is 4.99 Å². The van der Waals surface area contributed by atoms with Gasteiger partial charge in [0.1, 0.15) is 0 Å². The molecule has 0 saturated heterocycles. The fourth-order valence-corrected chi connectivity index (χ4v) is 3.50. The van der Waals surface area contributed by atoms with Crippen LogP contribution in [0, 0.1) is 0 Å². The van der Waals surface area contributed by atoms with Crippen molar-refractivity contribution in [3.63, 3.8) is 0 Å². The predicted molar refractivity (Wildman–Crippen MR) is 119 cm³/mol. The molecule has 0 aliphatic carbocycles. The first-order valence-corrected chi connectivity index (χ1v) is 9.99. The number of nitrogens with zero attached hydrogens (tertiary/aromatic N) is 1. The Labute approximate surface area is 192 Å². The first-order chi connectivity index (χ1) is 15.3. The molecule has 0 fully saturated rings. The number of carbonyl (C=O) groups is 2. The highest BCUT2D eigenvalue weighted by atomic mass is 79.9. The lowest BCUT2D eigenvalue weighted by molar-refractivity contribution is -0.132. The molecule has 1 aliphatic rings. The molecule has 0 aromatic heterocycles. The topological polar surface area (TPSA) is 102 Å². The van der Waals surface area contributed by atoms with E-state index in [1.54, 1.807) is 24.3 Å². The summed E-state index contributed by atoms with van der Waals surface area (Å²) in [5.41, 5.74) is 1.12. The van der Waals surface area contributed by atoms with Gasteiger partial charge in [0.05, 0.1) is 32.9 Å². The second-order valence-electron chi connectivity index (χ2n) is 6.38. The minimum Gasteiger partial charge on any atom is -0.493 e. The largest absolute Gasteiger partial charge is 0.493 e. The van der Waals surface area contributed by atoms with Crippen molar-refractivity contribution in [1.82, 2.24) is 0 Å². The number of aliphatic imine (C=N–C) groups is 1. The van der Waals surface area contributed by atoms with Crippen LogP contribution >= 0.6 is 15.9 Å². The van der Waals surface area contributed by atoms with E-state index in [0.29, 0.717) is 38.6 Å². The summed E-state index contributed by atoms with van der Waals surface area (Å²) in [4.78, 5) is 28.1. The highest BCUT2D eigenvalue weighted by molar-refractivity contribution is 9.10. The molecule has 1 aliphatic heterocycles. The lowest BCUT2D eigenvalue weighted by atomic mass is 10.1. The highest BCUT2D eigenvalue weighted by Crippen LogP contribution is 2.40. The van der Waals surface area contributed by atoms with E-state index in [4.69, 9.17) is 28.4 Å². The number of hydrogen-bond acceptors (Lipinski definition) is 9. The SMILES string of the molecule is COc1cc(C=C2N=C(c3cc(OC)c(OC)c(OC)c3)OC2=O)cc(Br)c1OC(C)=O. The minimum atomic E-state index is -0.632. The number of hydrogen-bond donors (Lipinski definition) is 0. The molecule has 168 valence electrons. The Morgan fingerprint density at radius 1 is 0.938 bits per heavy atom. The van der Waals surface area contributed by atoms with Gasteiger partial charge in [-0.25, -0.2) is 9.79 Å². The fraction of sp³-hybridized carbons (Fsp3) is 0.227. The second-order valence-corrected chi connectivity index (χ2v) is 7.23. The summed E-state index contributed by atoms with van der Waals surface area (Å²) >= 11 is 3.35. The number of halogens is 1. The summed E-state index contributed by atoms with van der Waals surface area (Å²) in [7, 11) is 5.91. The number of methoxy groups -OCH3 is 4. The first kappa shape index (κ1) is 23.1. The average molecular weight is 506 g/mol. The summed E-state index contributed by atoms with van der Waals surface area (Å²) in [6.07, 6.45) is 1.53. The van der Waals surface area contributed by atoms with Crippen LogP contribution in [0.3, 0.4) is 0 Å². The molecule has 0 amide bonds. The molecule has 0 bridgehead atoms. The molecule has 32 heavy (non-hydrogen) atoms. The molecule has 3 rings (SSSR count). The molecule has 0 unspecified atom stereocenters. The van der Waals surface area contributed by atoms with Crippen LogP contribution in [0.2, 0.25) is 0 Å². The van der Waals surface area contributed by atoms with Gasteiger partial charge in [0.25, 0.3) is 0 Å². The van der Waals surface area contributed by atoms with E-state index in [0.717, 1.165) is 0 Å². The molecule has 9 nitrogen and oxygen atoms in total. The Balaban J connectivity index is 2.01. The van der Waals surface area contributed by atoms with E-state index in [2.05, 4.69) is 20.9 Å². The van der Waals surface area contributed by atoms with Crippen molar-refractivity contribution in [2.45, 2.75) is 6.92 Å². The summed E-state index contributed by atoms with van der Waals surface area (Å²) in [6, 6.07) is 6.53.